The van der Waals surface area contributed by atoms with Gasteiger partial charge in [0.2, 0.25) is 0 Å². The van der Waals surface area contributed by atoms with Gasteiger partial charge in [-0.05, 0) is 63.4 Å². The normalized spacial score (nSPS) is 18.7. The SMILES string of the molecule is CC.CC.CC(C)(C)N1CCC(Cc2ccccc2)(c2cccc(OCCN)c2)C1. The molecule has 3 rings (SSSR count). The lowest BCUT2D eigenvalue weighted by atomic mass is 9.74. The molecule has 0 saturated carbocycles. The van der Waals surface area contributed by atoms with Crippen molar-refractivity contribution in [1.82, 2.24) is 4.90 Å². The highest BCUT2D eigenvalue weighted by molar-refractivity contribution is 5.37. The minimum Gasteiger partial charge on any atom is -0.492 e. The average Bonchev–Trinajstić information content (AvgIpc) is 3.22. The van der Waals surface area contributed by atoms with Gasteiger partial charge in [0.1, 0.15) is 12.4 Å². The largest absolute Gasteiger partial charge is 0.492 e. The zero-order chi connectivity index (χ0) is 22.6. The molecule has 1 unspecified atom stereocenters. The number of nitrogens with zero attached hydrogens (tertiary/aromatic N) is 1. The summed E-state index contributed by atoms with van der Waals surface area (Å²) < 4.78 is 5.81. The van der Waals surface area contributed by atoms with Crippen molar-refractivity contribution in [1.29, 1.82) is 0 Å². The second-order valence-corrected chi connectivity index (χ2v) is 8.45. The van der Waals surface area contributed by atoms with E-state index < -0.39 is 0 Å². The molecule has 30 heavy (non-hydrogen) atoms. The molecular weight excluding hydrogens is 368 g/mol. The number of hydrogen-bond donors (Lipinski definition) is 1. The van der Waals surface area contributed by atoms with E-state index in [9.17, 15) is 0 Å². The summed E-state index contributed by atoms with van der Waals surface area (Å²) in [4.78, 5) is 2.61. The van der Waals surface area contributed by atoms with Gasteiger partial charge in [0.05, 0.1) is 0 Å². The molecule has 168 valence electrons. The third kappa shape index (κ3) is 7.14. The van der Waals surface area contributed by atoms with Gasteiger partial charge in [-0.2, -0.15) is 0 Å². The number of likely N-dealkylation sites (tertiary alicyclic amines) is 1. The van der Waals surface area contributed by atoms with Crippen LogP contribution < -0.4 is 10.5 Å². The molecule has 3 heteroatoms. The van der Waals surface area contributed by atoms with Gasteiger partial charge in [-0.3, -0.25) is 4.90 Å². The van der Waals surface area contributed by atoms with E-state index in [2.05, 4.69) is 74.2 Å². The van der Waals surface area contributed by atoms with Crippen LogP contribution in [0, 0.1) is 0 Å². The maximum Gasteiger partial charge on any atom is 0.119 e. The molecule has 1 atom stereocenters. The molecule has 1 aliphatic heterocycles. The number of rotatable bonds is 6. The van der Waals surface area contributed by atoms with Crippen LogP contribution in [0.2, 0.25) is 0 Å². The van der Waals surface area contributed by atoms with Crippen LogP contribution in [0.1, 0.15) is 66.0 Å². The van der Waals surface area contributed by atoms with E-state index in [-0.39, 0.29) is 11.0 Å². The number of benzene rings is 2. The second kappa shape index (κ2) is 12.8. The second-order valence-electron chi connectivity index (χ2n) is 8.45. The Morgan fingerprint density at radius 3 is 2.20 bits per heavy atom. The van der Waals surface area contributed by atoms with Gasteiger partial charge in [-0.25, -0.2) is 0 Å². The molecule has 1 aliphatic rings. The highest BCUT2D eigenvalue weighted by Crippen LogP contribution is 2.41. The molecule has 0 aromatic heterocycles. The van der Waals surface area contributed by atoms with Gasteiger partial charge in [-0.15, -0.1) is 0 Å². The fourth-order valence-corrected chi connectivity index (χ4v) is 4.01. The summed E-state index contributed by atoms with van der Waals surface area (Å²) in [6.07, 6.45) is 2.22. The lowest BCUT2D eigenvalue weighted by molar-refractivity contribution is 0.163. The predicted molar refractivity (Wildman–Crippen MR) is 131 cm³/mol. The maximum absolute atomic E-state index is 5.81. The molecule has 0 bridgehead atoms. The number of nitrogens with two attached hydrogens (primary N) is 1. The van der Waals surface area contributed by atoms with Crippen LogP contribution in [0.4, 0.5) is 0 Å². The van der Waals surface area contributed by atoms with E-state index in [0.29, 0.717) is 13.2 Å². The monoisotopic (exact) mass is 412 g/mol. The number of hydrogen-bond acceptors (Lipinski definition) is 3. The summed E-state index contributed by atoms with van der Waals surface area (Å²) in [5, 5.41) is 0. The van der Waals surface area contributed by atoms with Crippen molar-refractivity contribution in [3.05, 3.63) is 65.7 Å². The predicted octanol–water partition coefficient (Wildman–Crippen LogP) is 6.06. The topological polar surface area (TPSA) is 38.5 Å². The summed E-state index contributed by atoms with van der Waals surface area (Å²) in [6, 6.07) is 19.5. The number of ether oxygens (including phenoxy) is 1. The summed E-state index contributed by atoms with van der Waals surface area (Å²) >= 11 is 0. The highest BCUT2D eigenvalue weighted by Gasteiger charge is 2.42. The lowest BCUT2D eigenvalue weighted by Crippen LogP contribution is -2.42. The molecule has 1 fully saturated rings. The lowest BCUT2D eigenvalue weighted by Gasteiger charge is -2.36. The zero-order valence-electron chi connectivity index (χ0n) is 20.4. The van der Waals surface area contributed by atoms with Gasteiger partial charge in [0.15, 0.2) is 0 Å². The molecule has 2 aromatic rings. The third-order valence-corrected chi connectivity index (χ3v) is 5.52. The molecule has 3 nitrogen and oxygen atoms in total. The highest BCUT2D eigenvalue weighted by atomic mass is 16.5. The Morgan fingerprint density at radius 1 is 0.967 bits per heavy atom. The summed E-state index contributed by atoms with van der Waals surface area (Å²) in [5.74, 6) is 0.926. The summed E-state index contributed by atoms with van der Waals surface area (Å²) in [6.45, 7) is 18.2. The van der Waals surface area contributed by atoms with E-state index >= 15 is 0 Å². The van der Waals surface area contributed by atoms with E-state index in [0.717, 1.165) is 25.3 Å². The minimum absolute atomic E-state index is 0.122. The molecule has 0 spiro atoms. The first-order valence-electron chi connectivity index (χ1n) is 11.7. The van der Waals surface area contributed by atoms with Crippen molar-refractivity contribution in [2.75, 3.05) is 26.2 Å². The van der Waals surface area contributed by atoms with E-state index in [1.54, 1.807) is 0 Å². The van der Waals surface area contributed by atoms with E-state index in [1.807, 2.05) is 33.8 Å². The smallest absolute Gasteiger partial charge is 0.119 e. The molecule has 1 heterocycles. The standard InChI is InChI=1S/C23H32N2O.2C2H6/c1-22(2,3)25-14-12-23(18-25,17-19-8-5-4-6-9-19)20-10-7-11-21(16-20)26-15-13-24;2*1-2/h4-11,16H,12-15,17-18,24H2,1-3H3;2*1-2H3. The van der Waals surface area contributed by atoms with Gasteiger partial charge in [-0.1, -0.05) is 70.2 Å². The fraction of sp³-hybridized carbons (Fsp3) is 0.556. The van der Waals surface area contributed by atoms with Crippen LogP contribution >= 0.6 is 0 Å². The Labute approximate surface area is 185 Å². The first-order chi connectivity index (χ1) is 14.4. The first kappa shape index (κ1) is 26.2. The van der Waals surface area contributed by atoms with Crippen LogP contribution in [-0.4, -0.2) is 36.7 Å². The molecule has 2 N–H and O–H groups in total. The maximum atomic E-state index is 5.81. The van der Waals surface area contributed by atoms with Crippen LogP contribution in [0.25, 0.3) is 0 Å². The van der Waals surface area contributed by atoms with E-state index in [1.165, 1.54) is 17.5 Å². The Balaban J connectivity index is 0.00000106. The first-order valence-corrected chi connectivity index (χ1v) is 11.7. The van der Waals surface area contributed by atoms with Crippen LogP contribution in [0.3, 0.4) is 0 Å². The fourth-order valence-electron chi connectivity index (χ4n) is 4.01. The zero-order valence-corrected chi connectivity index (χ0v) is 20.4. The molecule has 0 radical (unpaired) electrons. The van der Waals surface area contributed by atoms with Crippen molar-refractivity contribution < 1.29 is 4.74 Å². The van der Waals surface area contributed by atoms with Gasteiger partial charge < -0.3 is 10.5 Å². The van der Waals surface area contributed by atoms with Crippen LogP contribution in [-0.2, 0) is 11.8 Å². The third-order valence-electron chi connectivity index (χ3n) is 5.52. The van der Waals surface area contributed by atoms with Crippen molar-refractivity contribution in [3.63, 3.8) is 0 Å². The molecular formula is C27H44N2O. The average molecular weight is 413 g/mol. The summed E-state index contributed by atoms with van der Waals surface area (Å²) in [7, 11) is 0. The summed E-state index contributed by atoms with van der Waals surface area (Å²) in [5.41, 5.74) is 8.68. The van der Waals surface area contributed by atoms with Crippen molar-refractivity contribution >= 4 is 0 Å². The van der Waals surface area contributed by atoms with Crippen LogP contribution in [0.5, 0.6) is 5.75 Å². The van der Waals surface area contributed by atoms with E-state index in [4.69, 9.17) is 10.5 Å². The molecule has 0 amide bonds. The van der Waals surface area contributed by atoms with Gasteiger partial charge in [0.25, 0.3) is 0 Å². The Bertz CT molecular complexity index is 708. The Kier molecular flexibility index (Phi) is 11.1. The van der Waals surface area contributed by atoms with Crippen LogP contribution in [0.15, 0.2) is 54.6 Å². The van der Waals surface area contributed by atoms with Gasteiger partial charge >= 0.3 is 0 Å². The quantitative estimate of drug-likeness (QED) is 0.626. The van der Waals surface area contributed by atoms with Gasteiger partial charge in [0, 0.05) is 24.0 Å². The molecule has 2 aromatic carbocycles. The molecule has 0 aliphatic carbocycles. The van der Waals surface area contributed by atoms with Crippen molar-refractivity contribution in [2.45, 2.75) is 72.3 Å². The van der Waals surface area contributed by atoms with Crippen molar-refractivity contribution in [3.8, 4) is 5.75 Å². The Hall–Kier alpha value is -1.84. The minimum atomic E-state index is 0.122. The molecule has 1 saturated heterocycles. The van der Waals surface area contributed by atoms with Crippen molar-refractivity contribution in [2.24, 2.45) is 5.73 Å². The Morgan fingerprint density at radius 2 is 1.63 bits per heavy atom.